The van der Waals surface area contributed by atoms with Gasteiger partial charge in [-0.15, -0.1) is 0 Å². The Bertz CT molecular complexity index is 981. The molecule has 2 aromatic rings. The Morgan fingerprint density at radius 1 is 1.23 bits per heavy atom. The topological polar surface area (TPSA) is 97.9 Å². The van der Waals surface area contributed by atoms with Gasteiger partial charge in [-0.2, -0.15) is 0 Å². The average molecular weight is 434 g/mol. The number of carbonyl (C=O) groups excluding carboxylic acids is 1. The zero-order valence-corrected chi connectivity index (χ0v) is 19.7. The summed E-state index contributed by atoms with van der Waals surface area (Å²) in [5.74, 6) is 0.560. The van der Waals surface area contributed by atoms with Gasteiger partial charge in [0.05, 0.1) is 18.6 Å². The van der Waals surface area contributed by atoms with Crippen molar-refractivity contribution in [3.05, 3.63) is 17.7 Å². The Kier molecular flexibility index (Phi) is 4.79. The predicted octanol–water partition coefficient (Wildman–Crippen LogP) is 3.42. The third kappa shape index (κ3) is 3.42. The van der Waals surface area contributed by atoms with E-state index in [0.717, 1.165) is 0 Å². The number of aliphatic hydroxyl groups is 1. The Morgan fingerprint density at radius 2 is 1.87 bits per heavy atom. The number of hydrogen-bond acceptors (Lipinski definition) is 7. The Hall–Kier alpha value is -1.97. The number of hydrogen-bond donors (Lipinski definition) is 1. The summed E-state index contributed by atoms with van der Waals surface area (Å²) >= 11 is 0. The number of aromatic nitrogens is 2. The Morgan fingerprint density at radius 3 is 2.50 bits per heavy atom. The maximum Gasteiger partial charge on any atom is 0.225 e. The van der Waals surface area contributed by atoms with Crippen LogP contribution in [0.2, 0.25) is 18.1 Å². The molecule has 30 heavy (non-hydrogen) atoms. The summed E-state index contributed by atoms with van der Waals surface area (Å²) in [4.78, 5) is 14.8. The number of likely N-dealkylation sites (tertiary alicyclic amines) is 1. The number of rotatable bonds is 3. The van der Waals surface area contributed by atoms with Gasteiger partial charge >= 0.3 is 0 Å². The minimum Gasteiger partial charge on any atom is -0.485 e. The van der Waals surface area contributed by atoms with E-state index in [2.05, 4.69) is 44.2 Å². The molecule has 1 saturated heterocycles. The van der Waals surface area contributed by atoms with E-state index in [4.69, 9.17) is 13.8 Å². The van der Waals surface area contributed by atoms with Crippen LogP contribution >= 0.6 is 0 Å². The van der Waals surface area contributed by atoms with Crippen molar-refractivity contribution in [1.29, 1.82) is 0 Å². The van der Waals surface area contributed by atoms with Crippen LogP contribution in [0.5, 0.6) is 5.75 Å². The zero-order chi connectivity index (χ0) is 22.1. The van der Waals surface area contributed by atoms with Crippen molar-refractivity contribution in [1.82, 2.24) is 15.2 Å². The molecule has 0 aliphatic carbocycles. The maximum atomic E-state index is 13.1. The number of amides is 1. The first kappa shape index (κ1) is 21.3. The molecule has 2 aliphatic heterocycles. The third-order valence-electron chi connectivity index (χ3n) is 6.81. The lowest BCUT2D eigenvalue weighted by atomic mass is 9.85. The number of nitrogens with zero attached hydrogens (tertiary/aromatic N) is 3. The molecule has 1 aromatic carbocycles. The quantitative estimate of drug-likeness (QED) is 0.741. The van der Waals surface area contributed by atoms with E-state index < -0.39 is 26.1 Å². The van der Waals surface area contributed by atoms with Gasteiger partial charge in [0.15, 0.2) is 8.32 Å². The molecule has 3 atom stereocenters. The summed E-state index contributed by atoms with van der Waals surface area (Å²) in [7, 11) is -2.02. The van der Waals surface area contributed by atoms with Crippen molar-refractivity contribution in [3.8, 4) is 5.75 Å². The van der Waals surface area contributed by atoms with Crippen LogP contribution in [0.15, 0.2) is 16.8 Å². The van der Waals surface area contributed by atoms with Crippen molar-refractivity contribution in [2.45, 2.75) is 83.0 Å². The lowest BCUT2D eigenvalue weighted by Gasteiger charge is -2.45. The molecular formula is C21H31N3O5Si. The van der Waals surface area contributed by atoms with Crippen LogP contribution in [0.3, 0.4) is 0 Å². The van der Waals surface area contributed by atoms with Crippen LogP contribution in [-0.2, 0) is 9.22 Å². The second kappa shape index (κ2) is 6.76. The van der Waals surface area contributed by atoms with E-state index in [0.29, 0.717) is 35.3 Å². The van der Waals surface area contributed by atoms with E-state index in [1.165, 1.54) is 0 Å². The maximum absolute atomic E-state index is 13.1. The highest BCUT2D eigenvalue weighted by Crippen LogP contribution is 2.46. The van der Waals surface area contributed by atoms with Crippen LogP contribution in [0.4, 0.5) is 0 Å². The fourth-order valence-electron chi connectivity index (χ4n) is 4.02. The first-order valence-corrected chi connectivity index (χ1v) is 13.3. The van der Waals surface area contributed by atoms with Gasteiger partial charge in [0.25, 0.3) is 0 Å². The molecule has 3 heterocycles. The van der Waals surface area contributed by atoms with Crippen molar-refractivity contribution < 1.29 is 23.7 Å². The lowest BCUT2D eigenvalue weighted by Crippen LogP contribution is -2.54. The summed E-state index contributed by atoms with van der Waals surface area (Å²) in [6.07, 6.45) is -0.768. The highest BCUT2D eigenvalue weighted by Gasteiger charge is 2.50. The molecule has 164 valence electrons. The number of aliphatic hydroxyl groups excluding tert-OH is 1. The molecule has 0 bridgehead atoms. The summed E-state index contributed by atoms with van der Waals surface area (Å²) < 4.78 is 17.4. The molecule has 9 heteroatoms. The largest absolute Gasteiger partial charge is 0.485 e. The predicted molar refractivity (Wildman–Crippen MR) is 114 cm³/mol. The Balaban J connectivity index is 1.68. The van der Waals surface area contributed by atoms with Crippen LogP contribution in [-0.4, -0.2) is 58.9 Å². The fourth-order valence-corrected chi connectivity index (χ4v) is 5.36. The van der Waals surface area contributed by atoms with Gasteiger partial charge < -0.3 is 19.2 Å². The van der Waals surface area contributed by atoms with Gasteiger partial charge in [-0.1, -0.05) is 20.8 Å². The van der Waals surface area contributed by atoms with Gasteiger partial charge in [0, 0.05) is 18.2 Å². The van der Waals surface area contributed by atoms with Gasteiger partial charge in [-0.3, -0.25) is 4.79 Å². The monoisotopic (exact) mass is 433 g/mol. The van der Waals surface area contributed by atoms with E-state index >= 15 is 0 Å². The molecule has 1 amide bonds. The SMILES string of the molecule is CC1(C)Oc2cc3nonc3cc2C(N2CC(O[Si](C)(C)C(C)(C)C)CC2=O)C1O. The second-order valence-corrected chi connectivity index (χ2v) is 15.2. The van der Waals surface area contributed by atoms with E-state index in [9.17, 15) is 9.90 Å². The average Bonchev–Trinajstić information content (AvgIpc) is 3.19. The minimum absolute atomic E-state index is 0.0233. The summed E-state index contributed by atoms with van der Waals surface area (Å²) in [6, 6.07) is 3.00. The van der Waals surface area contributed by atoms with Gasteiger partial charge in [-0.25, -0.2) is 4.63 Å². The van der Waals surface area contributed by atoms with Gasteiger partial charge in [0.2, 0.25) is 5.91 Å². The van der Waals surface area contributed by atoms with Crippen LogP contribution in [0.1, 0.15) is 52.6 Å². The summed E-state index contributed by atoms with van der Waals surface area (Å²) in [5.41, 5.74) is 0.981. The number of fused-ring (bicyclic) bond motifs is 2. The summed E-state index contributed by atoms with van der Waals surface area (Å²) in [5, 5.41) is 19.0. The molecule has 0 spiro atoms. The fraction of sp³-hybridized carbons (Fsp3) is 0.667. The van der Waals surface area contributed by atoms with E-state index in [1.807, 2.05) is 13.8 Å². The van der Waals surface area contributed by atoms with E-state index in [-0.39, 0.29) is 17.0 Å². The normalized spacial score (nSPS) is 26.7. The number of benzene rings is 1. The summed E-state index contributed by atoms with van der Waals surface area (Å²) in [6.45, 7) is 15.0. The van der Waals surface area contributed by atoms with Crippen molar-refractivity contribution in [2.75, 3.05) is 6.54 Å². The zero-order valence-electron chi connectivity index (χ0n) is 18.7. The van der Waals surface area contributed by atoms with Crippen LogP contribution in [0.25, 0.3) is 11.0 Å². The van der Waals surface area contributed by atoms with Crippen LogP contribution in [0, 0.1) is 0 Å². The molecule has 3 unspecified atom stereocenters. The molecule has 1 N–H and O–H groups in total. The van der Waals surface area contributed by atoms with Crippen molar-refractivity contribution >= 4 is 25.3 Å². The molecule has 0 saturated carbocycles. The second-order valence-electron chi connectivity index (χ2n) is 10.5. The number of carbonyl (C=O) groups is 1. The van der Waals surface area contributed by atoms with E-state index in [1.54, 1.807) is 17.0 Å². The highest BCUT2D eigenvalue weighted by molar-refractivity contribution is 6.74. The van der Waals surface area contributed by atoms with Crippen LogP contribution < -0.4 is 4.74 Å². The number of ether oxygens (including phenoxy) is 1. The highest BCUT2D eigenvalue weighted by atomic mass is 28.4. The Labute approximate surface area is 177 Å². The van der Waals surface area contributed by atoms with Gasteiger partial charge in [-0.05, 0) is 48.4 Å². The molecular weight excluding hydrogens is 402 g/mol. The standard InChI is InChI=1S/C21H31N3O5Si/c1-20(2,3)30(6,7)28-12-8-17(25)24(11-12)18-13-9-14-15(23-29-22-14)10-16(13)27-21(4,5)19(18)26/h9-10,12,18-19,26H,8,11H2,1-7H3. The molecule has 2 aliphatic rings. The lowest BCUT2D eigenvalue weighted by molar-refractivity contribution is -0.139. The smallest absolute Gasteiger partial charge is 0.225 e. The minimum atomic E-state index is -2.02. The molecule has 0 radical (unpaired) electrons. The molecule has 8 nitrogen and oxygen atoms in total. The third-order valence-corrected chi connectivity index (χ3v) is 11.3. The van der Waals surface area contributed by atoms with Gasteiger partial charge in [0.1, 0.15) is 28.5 Å². The van der Waals surface area contributed by atoms with Crippen molar-refractivity contribution in [3.63, 3.8) is 0 Å². The first-order valence-electron chi connectivity index (χ1n) is 10.4. The molecule has 1 fully saturated rings. The van der Waals surface area contributed by atoms with Crippen molar-refractivity contribution in [2.24, 2.45) is 0 Å². The first-order chi connectivity index (χ1) is 13.8. The molecule has 4 rings (SSSR count). The molecule has 1 aromatic heterocycles.